The minimum absolute atomic E-state index is 0.705. The summed E-state index contributed by atoms with van der Waals surface area (Å²) in [5, 5.41) is 0. The minimum atomic E-state index is -4.61. The van der Waals surface area contributed by atoms with E-state index in [1.54, 1.807) is 0 Å². The van der Waals surface area contributed by atoms with Crippen LogP contribution in [0.25, 0.3) is 6.08 Å². The van der Waals surface area contributed by atoms with E-state index in [2.05, 4.69) is 6.08 Å². The van der Waals surface area contributed by atoms with Crippen LogP contribution >= 0.6 is 0 Å². The highest BCUT2D eigenvalue weighted by Gasteiger charge is 2.22. The standard InChI is InChI=1S/C9H8O.H4O4Si/c1-2-6-9-8(4-1)5-3-7-10-9;1-5(2,3)4/h1-6H,7H2;1-4H. The van der Waals surface area contributed by atoms with Crippen molar-refractivity contribution in [2.24, 2.45) is 0 Å². The predicted octanol–water partition coefficient (Wildman–Crippen LogP) is -0.517. The summed E-state index contributed by atoms with van der Waals surface area (Å²) in [5.74, 6) is 0.991. The van der Waals surface area contributed by atoms with Crippen LogP contribution in [0.15, 0.2) is 30.3 Å². The Labute approximate surface area is 88.0 Å². The zero-order valence-electron chi connectivity index (χ0n) is 7.87. The van der Waals surface area contributed by atoms with Gasteiger partial charge in [0.2, 0.25) is 0 Å². The topological polar surface area (TPSA) is 90.2 Å². The molecule has 0 saturated carbocycles. The van der Waals surface area contributed by atoms with E-state index in [1.165, 1.54) is 5.56 Å². The average Bonchev–Trinajstić information content (AvgIpc) is 2.16. The van der Waals surface area contributed by atoms with Crippen LogP contribution in [0, 0.1) is 0 Å². The Morgan fingerprint density at radius 1 is 1.07 bits per heavy atom. The normalized spacial score (nSPS) is 13.3. The molecule has 0 radical (unpaired) electrons. The molecule has 0 spiro atoms. The van der Waals surface area contributed by atoms with Gasteiger partial charge in [-0.2, -0.15) is 0 Å². The van der Waals surface area contributed by atoms with Gasteiger partial charge in [0.05, 0.1) is 0 Å². The lowest BCUT2D eigenvalue weighted by Crippen LogP contribution is -2.33. The van der Waals surface area contributed by atoms with Gasteiger partial charge in [0, 0.05) is 5.56 Å². The largest absolute Gasteiger partial charge is 0.668 e. The fraction of sp³-hybridized carbons (Fsp3) is 0.111. The molecule has 1 aliphatic heterocycles. The molecule has 1 aliphatic rings. The van der Waals surface area contributed by atoms with E-state index in [0.29, 0.717) is 6.61 Å². The molecule has 82 valence electrons. The Hall–Kier alpha value is -1.18. The van der Waals surface area contributed by atoms with Crippen molar-refractivity contribution < 1.29 is 23.9 Å². The van der Waals surface area contributed by atoms with Crippen molar-refractivity contribution in [3.8, 4) is 5.75 Å². The van der Waals surface area contributed by atoms with Gasteiger partial charge >= 0.3 is 9.05 Å². The van der Waals surface area contributed by atoms with E-state index in [1.807, 2.05) is 30.3 Å². The van der Waals surface area contributed by atoms with Crippen LogP contribution in [0.3, 0.4) is 0 Å². The highest BCUT2D eigenvalue weighted by molar-refractivity contribution is 6.46. The maximum absolute atomic E-state index is 7.33. The van der Waals surface area contributed by atoms with Crippen molar-refractivity contribution in [1.82, 2.24) is 0 Å². The second-order valence-corrected chi connectivity index (χ2v) is 4.05. The van der Waals surface area contributed by atoms with Gasteiger partial charge in [-0.3, -0.25) is 0 Å². The molecule has 5 nitrogen and oxygen atoms in total. The van der Waals surface area contributed by atoms with Crippen molar-refractivity contribution in [3.05, 3.63) is 35.9 Å². The number of hydrogen-bond donors (Lipinski definition) is 4. The summed E-state index contributed by atoms with van der Waals surface area (Å²) in [7, 11) is -4.61. The van der Waals surface area contributed by atoms with Crippen LogP contribution in [-0.4, -0.2) is 34.8 Å². The van der Waals surface area contributed by atoms with E-state index >= 15 is 0 Å². The maximum atomic E-state index is 7.33. The van der Waals surface area contributed by atoms with E-state index in [0.717, 1.165) is 5.75 Å². The third kappa shape index (κ3) is 5.30. The summed E-state index contributed by atoms with van der Waals surface area (Å²) >= 11 is 0. The molecular formula is C9H12O5Si. The van der Waals surface area contributed by atoms with Crippen molar-refractivity contribution >= 4 is 15.1 Å². The van der Waals surface area contributed by atoms with Crippen LogP contribution in [0.4, 0.5) is 0 Å². The highest BCUT2D eigenvalue weighted by Crippen LogP contribution is 2.21. The molecule has 4 N–H and O–H groups in total. The van der Waals surface area contributed by atoms with E-state index in [-0.39, 0.29) is 0 Å². The molecule has 15 heavy (non-hydrogen) atoms. The van der Waals surface area contributed by atoms with Gasteiger partial charge in [-0.25, -0.2) is 0 Å². The molecule has 0 fully saturated rings. The lowest BCUT2D eigenvalue weighted by molar-refractivity contribution is 0.117. The number of para-hydroxylation sites is 1. The first kappa shape index (κ1) is 11.9. The lowest BCUT2D eigenvalue weighted by atomic mass is 10.1. The average molecular weight is 228 g/mol. The summed E-state index contributed by atoms with van der Waals surface area (Å²) in [6.07, 6.45) is 4.10. The van der Waals surface area contributed by atoms with E-state index in [9.17, 15) is 0 Å². The molecular weight excluding hydrogens is 216 g/mol. The first-order chi connectivity index (χ1) is 6.97. The monoisotopic (exact) mass is 228 g/mol. The molecule has 0 aliphatic carbocycles. The number of benzene rings is 1. The molecule has 1 aromatic carbocycles. The molecule has 1 aromatic rings. The van der Waals surface area contributed by atoms with Gasteiger partial charge in [0.25, 0.3) is 0 Å². The molecule has 0 aromatic heterocycles. The summed E-state index contributed by atoms with van der Waals surface area (Å²) in [6, 6.07) is 8.03. The van der Waals surface area contributed by atoms with Crippen LogP contribution in [0.5, 0.6) is 5.75 Å². The third-order valence-corrected chi connectivity index (χ3v) is 1.55. The predicted molar refractivity (Wildman–Crippen MR) is 55.6 cm³/mol. The van der Waals surface area contributed by atoms with E-state index < -0.39 is 9.05 Å². The molecule has 6 heteroatoms. The van der Waals surface area contributed by atoms with Crippen LogP contribution < -0.4 is 4.74 Å². The number of rotatable bonds is 0. The third-order valence-electron chi connectivity index (χ3n) is 1.55. The molecule has 1 heterocycles. The lowest BCUT2D eigenvalue weighted by Gasteiger charge is -2.10. The maximum Gasteiger partial charge on any atom is 0.668 e. The van der Waals surface area contributed by atoms with Crippen LogP contribution in [0.1, 0.15) is 5.56 Å². The molecule has 2 rings (SSSR count). The van der Waals surface area contributed by atoms with Crippen molar-refractivity contribution in [3.63, 3.8) is 0 Å². The number of hydrogen-bond acceptors (Lipinski definition) is 5. The molecule has 0 bridgehead atoms. The molecule has 0 unspecified atom stereocenters. The quantitative estimate of drug-likeness (QED) is 0.449. The van der Waals surface area contributed by atoms with Crippen molar-refractivity contribution in [2.45, 2.75) is 0 Å². The summed E-state index contributed by atoms with van der Waals surface area (Å²) in [5.41, 5.74) is 1.17. The smallest absolute Gasteiger partial charge is 0.489 e. The molecule has 0 amide bonds. The van der Waals surface area contributed by atoms with Gasteiger partial charge in [-0.05, 0) is 12.1 Å². The fourth-order valence-corrected chi connectivity index (χ4v) is 1.06. The zero-order valence-corrected chi connectivity index (χ0v) is 8.87. The Balaban J connectivity index is 0.000000195. The van der Waals surface area contributed by atoms with Gasteiger partial charge < -0.3 is 23.9 Å². The first-order valence-electron chi connectivity index (χ1n) is 4.24. The van der Waals surface area contributed by atoms with Gasteiger partial charge in [0.1, 0.15) is 12.4 Å². The first-order valence-corrected chi connectivity index (χ1v) is 6.03. The molecule has 0 atom stereocenters. The number of fused-ring (bicyclic) bond motifs is 1. The van der Waals surface area contributed by atoms with Gasteiger partial charge in [0.15, 0.2) is 0 Å². The van der Waals surface area contributed by atoms with Crippen molar-refractivity contribution in [2.75, 3.05) is 6.61 Å². The number of ether oxygens (including phenoxy) is 1. The Bertz CT molecular complexity index is 339. The van der Waals surface area contributed by atoms with Gasteiger partial charge in [-0.1, -0.05) is 24.3 Å². The Kier molecular flexibility index (Phi) is 4.01. The zero-order chi connectivity index (χ0) is 11.3. The fourth-order valence-electron chi connectivity index (χ4n) is 1.06. The van der Waals surface area contributed by atoms with Crippen LogP contribution in [0.2, 0.25) is 0 Å². The highest BCUT2D eigenvalue weighted by atomic mass is 28.4. The van der Waals surface area contributed by atoms with Crippen molar-refractivity contribution in [1.29, 1.82) is 0 Å². The van der Waals surface area contributed by atoms with E-state index in [4.69, 9.17) is 23.9 Å². The minimum Gasteiger partial charge on any atom is -0.489 e. The SMILES string of the molecule is C1=Cc2ccccc2OC1.O[Si](O)(O)O. The summed E-state index contributed by atoms with van der Waals surface area (Å²) in [6.45, 7) is 0.705. The van der Waals surface area contributed by atoms with Crippen LogP contribution in [-0.2, 0) is 0 Å². The van der Waals surface area contributed by atoms with Gasteiger partial charge in [-0.15, -0.1) is 0 Å². The second kappa shape index (κ2) is 5.05. The Morgan fingerprint density at radius 3 is 2.27 bits per heavy atom. The second-order valence-electron chi connectivity index (χ2n) is 2.85. The Morgan fingerprint density at radius 2 is 1.67 bits per heavy atom. The molecule has 0 saturated heterocycles. The summed E-state index contributed by atoms with van der Waals surface area (Å²) < 4.78 is 5.34. The summed E-state index contributed by atoms with van der Waals surface area (Å²) in [4.78, 5) is 29.3.